The summed E-state index contributed by atoms with van der Waals surface area (Å²) in [6.07, 6.45) is 0.838. The first-order valence-electron chi connectivity index (χ1n) is 10.8. The van der Waals surface area contributed by atoms with Gasteiger partial charge in [-0.15, -0.1) is 10.2 Å². The van der Waals surface area contributed by atoms with Crippen LogP contribution in [0.1, 0.15) is 38.3 Å². The predicted molar refractivity (Wildman–Crippen MR) is 131 cm³/mol. The average Bonchev–Trinajstić information content (AvgIpc) is 3.16. The Balaban J connectivity index is 1.74. The molecule has 1 heterocycles. The van der Waals surface area contributed by atoms with Crippen LogP contribution in [0.3, 0.4) is 0 Å². The Morgan fingerprint density at radius 3 is 2.38 bits per heavy atom. The van der Waals surface area contributed by atoms with Crippen molar-refractivity contribution < 1.29 is 9.53 Å². The van der Waals surface area contributed by atoms with Crippen molar-refractivity contribution in [3.63, 3.8) is 0 Å². The molecule has 2 aromatic carbocycles. The zero-order valence-corrected chi connectivity index (χ0v) is 20.3. The van der Waals surface area contributed by atoms with Crippen molar-refractivity contribution in [2.75, 3.05) is 24.8 Å². The molecule has 1 amide bonds. The standard InChI is InChI=1S/C25H32N4O2S/c1-18-7-13-21(14-8-18)26-22(30)17-32-24-28-27-23(29(24)15-6-16-31-5)19-9-11-20(12-10-19)25(2,3)4/h7-14H,6,15-17H2,1-5H3,(H,26,30). The molecule has 1 aromatic heterocycles. The largest absolute Gasteiger partial charge is 0.385 e. The van der Waals surface area contributed by atoms with Crippen LogP contribution in [0.2, 0.25) is 0 Å². The van der Waals surface area contributed by atoms with Gasteiger partial charge in [-0.1, -0.05) is 74.5 Å². The molecule has 0 radical (unpaired) electrons. The van der Waals surface area contributed by atoms with Crippen molar-refractivity contribution in [2.45, 2.75) is 51.2 Å². The highest BCUT2D eigenvalue weighted by atomic mass is 32.2. The first-order valence-corrected chi connectivity index (χ1v) is 11.8. The van der Waals surface area contributed by atoms with Crippen LogP contribution in [0.4, 0.5) is 5.69 Å². The molecule has 32 heavy (non-hydrogen) atoms. The number of nitrogens with one attached hydrogen (secondary N) is 1. The van der Waals surface area contributed by atoms with Gasteiger partial charge in [0.2, 0.25) is 5.91 Å². The van der Waals surface area contributed by atoms with Gasteiger partial charge < -0.3 is 14.6 Å². The molecule has 7 heteroatoms. The Morgan fingerprint density at radius 2 is 1.75 bits per heavy atom. The molecular weight excluding hydrogens is 420 g/mol. The smallest absolute Gasteiger partial charge is 0.234 e. The molecule has 0 bridgehead atoms. The quantitative estimate of drug-likeness (QED) is 0.352. The molecule has 0 atom stereocenters. The lowest BCUT2D eigenvalue weighted by molar-refractivity contribution is -0.113. The molecular formula is C25H32N4O2S. The highest BCUT2D eigenvalue weighted by molar-refractivity contribution is 7.99. The van der Waals surface area contributed by atoms with Gasteiger partial charge in [0.1, 0.15) is 0 Å². The first kappa shape index (κ1) is 24.0. The minimum Gasteiger partial charge on any atom is -0.385 e. The van der Waals surface area contributed by atoms with E-state index in [2.05, 4.69) is 65.1 Å². The van der Waals surface area contributed by atoms with Crippen molar-refractivity contribution in [1.29, 1.82) is 0 Å². The van der Waals surface area contributed by atoms with E-state index < -0.39 is 0 Å². The summed E-state index contributed by atoms with van der Waals surface area (Å²) in [6.45, 7) is 9.99. The maximum atomic E-state index is 12.4. The molecule has 0 fully saturated rings. The van der Waals surface area contributed by atoms with E-state index in [1.165, 1.54) is 17.3 Å². The van der Waals surface area contributed by atoms with E-state index in [0.29, 0.717) is 6.61 Å². The number of benzene rings is 2. The number of anilines is 1. The number of thioether (sulfide) groups is 1. The van der Waals surface area contributed by atoms with Crippen molar-refractivity contribution >= 4 is 23.4 Å². The van der Waals surface area contributed by atoms with E-state index >= 15 is 0 Å². The summed E-state index contributed by atoms with van der Waals surface area (Å²) < 4.78 is 7.30. The van der Waals surface area contributed by atoms with Crippen LogP contribution in [0.5, 0.6) is 0 Å². The normalized spacial score (nSPS) is 11.5. The Kier molecular flexibility index (Phi) is 8.10. The Morgan fingerprint density at radius 1 is 1.06 bits per heavy atom. The minimum atomic E-state index is -0.0682. The number of ether oxygens (including phenoxy) is 1. The molecule has 0 saturated heterocycles. The van der Waals surface area contributed by atoms with E-state index in [9.17, 15) is 4.79 Å². The Bertz CT molecular complexity index is 1020. The van der Waals surface area contributed by atoms with Crippen molar-refractivity contribution in [3.05, 3.63) is 59.7 Å². The second-order valence-electron chi connectivity index (χ2n) is 8.83. The third-order valence-corrected chi connectivity index (χ3v) is 6.09. The summed E-state index contributed by atoms with van der Waals surface area (Å²) in [4.78, 5) is 12.4. The van der Waals surface area contributed by atoms with E-state index in [4.69, 9.17) is 4.74 Å². The lowest BCUT2D eigenvalue weighted by Gasteiger charge is -2.19. The maximum Gasteiger partial charge on any atom is 0.234 e. The monoisotopic (exact) mass is 452 g/mol. The first-order chi connectivity index (χ1) is 15.3. The van der Waals surface area contributed by atoms with Crippen LogP contribution in [0.15, 0.2) is 53.7 Å². The molecule has 0 aliphatic heterocycles. The fraction of sp³-hybridized carbons (Fsp3) is 0.400. The molecule has 0 spiro atoms. The number of aromatic nitrogens is 3. The Hall–Kier alpha value is -2.64. The molecule has 0 aliphatic rings. The van der Waals surface area contributed by atoms with Crippen LogP contribution in [-0.4, -0.2) is 40.1 Å². The third-order valence-electron chi connectivity index (χ3n) is 5.12. The number of hydrogen-bond donors (Lipinski definition) is 1. The van der Waals surface area contributed by atoms with Crippen LogP contribution in [0.25, 0.3) is 11.4 Å². The number of carbonyl (C=O) groups excluding carboxylic acids is 1. The lowest BCUT2D eigenvalue weighted by atomic mass is 9.87. The summed E-state index contributed by atoms with van der Waals surface area (Å²) in [6, 6.07) is 16.2. The van der Waals surface area contributed by atoms with E-state index in [-0.39, 0.29) is 17.1 Å². The van der Waals surface area contributed by atoms with Crippen LogP contribution < -0.4 is 5.32 Å². The summed E-state index contributed by atoms with van der Waals surface area (Å²) in [5.74, 6) is 1.00. The van der Waals surface area contributed by atoms with Crippen LogP contribution in [0, 0.1) is 6.92 Å². The summed E-state index contributed by atoms with van der Waals surface area (Å²) in [5.41, 5.74) is 4.33. The maximum absolute atomic E-state index is 12.4. The van der Waals surface area contributed by atoms with Crippen molar-refractivity contribution in [2.24, 2.45) is 0 Å². The summed E-state index contributed by atoms with van der Waals surface area (Å²) in [5, 5.41) is 12.5. The van der Waals surface area contributed by atoms with Gasteiger partial charge in [-0.3, -0.25) is 4.79 Å². The van der Waals surface area contributed by atoms with Crippen LogP contribution >= 0.6 is 11.8 Å². The summed E-state index contributed by atoms with van der Waals surface area (Å²) >= 11 is 1.39. The fourth-order valence-electron chi connectivity index (χ4n) is 3.26. The summed E-state index contributed by atoms with van der Waals surface area (Å²) in [7, 11) is 1.70. The zero-order chi connectivity index (χ0) is 23.1. The second-order valence-corrected chi connectivity index (χ2v) is 9.78. The Labute approximate surface area is 194 Å². The van der Waals surface area contributed by atoms with Gasteiger partial charge in [-0.05, 0) is 36.5 Å². The molecule has 0 unspecified atom stereocenters. The van der Waals surface area contributed by atoms with Gasteiger partial charge in [0.15, 0.2) is 11.0 Å². The number of aryl methyl sites for hydroxylation is 1. The second kappa shape index (κ2) is 10.8. The van der Waals surface area contributed by atoms with Gasteiger partial charge in [0.25, 0.3) is 0 Å². The minimum absolute atomic E-state index is 0.0682. The molecule has 3 rings (SSSR count). The molecule has 0 aliphatic carbocycles. The number of amides is 1. The highest BCUT2D eigenvalue weighted by Gasteiger charge is 2.18. The number of carbonyl (C=O) groups is 1. The van der Waals surface area contributed by atoms with Gasteiger partial charge in [0, 0.05) is 31.5 Å². The number of nitrogens with zero attached hydrogens (tertiary/aromatic N) is 3. The molecule has 3 aromatic rings. The van der Waals surface area contributed by atoms with E-state index in [0.717, 1.165) is 40.8 Å². The topological polar surface area (TPSA) is 69.0 Å². The molecule has 6 nitrogen and oxygen atoms in total. The van der Waals surface area contributed by atoms with E-state index in [1.807, 2.05) is 31.2 Å². The average molecular weight is 453 g/mol. The highest BCUT2D eigenvalue weighted by Crippen LogP contribution is 2.28. The third kappa shape index (κ3) is 6.43. The molecule has 0 saturated carbocycles. The molecule has 170 valence electrons. The number of methoxy groups -OCH3 is 1. The lowest BCUT2D eigenvalue weighted by Crippen LogP contribution is -2.15. The zero-order valence-electron chi connectivity index (χ0n) is 19.5. The fourth-order valence-corrected chi connectivity index (χ4v) is 4.03. The number of hydrogen-bond acceptors (Lipinski definition) is 5. The number of rotatable bonds is 9. The van der Waals surface area contributed by atoms with Crippen LogP contribution in [-0.2, 0) is 21.5 Å². The SMILES string of the molecule is COCCCn1c(SCC(=O)Nc2ccc(C)cc2)nnc1-c1ccc(C(C)(C)C)cc1. The predicted octanol–water partition coefficient (Wildman–Crippen LogP) is 5.32. The van der Waals surface area contributed by atoms with Crippen molar-refractivity contribution in [3.8, 4) is 11.4 Å². The van der Waals surface area contributed by atoms with Crippen molar-refractivity contribution in [1.82, 2.24) is 14.8 Å². The van der Waals surface area contributed by atoms with Gasteiger partial charge in [-0.25, -0.2) is 0 Å². The van der Waals surface area contributed by atoms with Gasteiger partial charge in [-0.2, -0.15) is 0 Å². The van der Waals surface area contributed by atoms with Gasteiger partial charge in [0.05, 0.1) is 5.75 Å². The van der Waals surface area contributed by atoms with Gasteiger partial charge >= 0.3 is 0 Å². The molecule has 1 N–H and O–H groups in total. The van der Waals surface area contributed by atoms with E-state index in [1.54, 1.807) is 7.11 Å².